The Balaban J connectivity index is 2.12. The summed E-state index contributed by atoms with van der Waals surface area (Å²) in [6.45, 7) is 3.79. The fourth-order valence-corrected chi connectivity index (χ4v) is 2.29. The van der Waals surface area contributed by atoms with Gasteiger partial charge in [-0.15, -0.1) is 0 Å². The molecule has 2 N–H and O–H groups in total. The summed E-state index contributed by atoms with van der Waals surface area (Å²) >= 11 is 0. The molecule has 1 saturated carbocycles. The highest BCUT2D eigenvalue weighted by Gasteiger charge is 2.19. The minimum absolute atomic E-state index is 0.0588. The highest BCUT2D eigenvalue weighted by atomic mass is 16.2. The van der Waals surface area contributed by atoms with Crippen LogP contribution in [0.5, 0.6) is 0 Å². The van der Waals surface area contributed by atoms with Crippen LogP contribution in [0.1, 0.15) is 32.6 Å². The minimum atomic E-state index is -0.0954. The van der Waals surface area contributed by atoms with E-state index in [2.05, 4.69) is 22.6 Å². The third-order valence-electron chi connectivity index (χ3n) is 3.50. The predicted octanol–water partition coefficient (Wildman–Crippen LogP) is 0.585. The second-order valence-corrected chi connectivity index (χ2v) is 4.71. The molecule has 1 unspecified atom stereocenters. The number of likely N-dealkylation sites (N-methyl/N-ethyl adjacent to an activating group) is 2. The SMILES string of the molecule is CNC(=O)C(C)NCCN(C)C1CCCC1. The van der Waals surface area contributed by atoms with E-state index >= 15 is 0 Å². The van der Waals surface area contributed by atoms with Gasteiger partial charge in [0.25, 0.3) is 0 Å². The maximum absolute atomic E-state index is 11.3. The van der Waals surface area contributed by atoms with Crippen molar-refractivity contribution in [2.24, 2.45) is 0 Å². The molecule has 94 valence electrons. The molecule has 1 atom stereocenters. The summed E-state index contributed by atoms with van der Waals surface area (Å²) in [6.07, 6.45) is 5.41. The molecule has 1 aliphatic rings. The molecule has 0 aromatic carbocycles. The number of hydrogen-bond acceptors (Lipinski definition) is 3. The van der Waals surface area contributed by atoms with Gasteiger partial charge in [0.05, 0.1) is 6.04 Å². The Kier molecular flexibility index (Phi) is 5.77. The monoisotopic (exact) mass is 227 g/mol. The average molecular weight is 227 g/mol. The van der Waals surface area contributed by atoms with Crippen molar-refractivity contribution in [2.45, 2.75) is 44.7 Å². The van der Waals surface area contributed by atoms with E-state index in [0.717, 1.165) is 19.1 Å². The summed E-state index contributed by atoms with van der Waals surface area (Å²) in [5, 5.41) is 5.88. The van der Waals surface area contributed by atoms with E-state index in [4.69, 9.17) is 0 Å². The van der Waals surface area contributed by atoms with Crippen LogP contribution in [0.4, 0.5) is 0 Å². The summed E-state index contributed by atoms with van der Waals surface area (Å²) in [4.78, 5) is 13.7. The lowest BCUT2D eigenvalue weighted by Crippen LogP contribution is -2.44. The van der Waals surface area contributed by atoms with Crippen LogP contribution < -0.4 is 10.6 Å². The molecular formula is C12H25N3O. The minimum Gasteiger partial charge on any atom is -0.358 e. The maximum Gasteiger partial charge on any atom is 0.236 e. The van der Waals surface area contributed by atoms with Gasteiger partial charge >= 0.3 is 0 Å². The Morgan fingerprint density at radius 3 is 2.62 bits per heavy atom. The zero-order valence-electron chi connectivity index (χ0n) is 10.8. The largest absolute Gasteiger partial charge is 0.358 e. The van der Waals surface area contributed by atoms with Crippen LogP contribution in [0.25, 0.3) is 0 Å². The van der Waals surface area contributed by atoms with Crippen LogP contribution in [0.15, 0.2) is 0 Å². The number of hydrogen-bond donors (Lipinski definition) is 2. The van der Waals surface area contributed by atoms with Gasteiger partial charge in [0, 0.05) is 26.2 Å². The van der Waals surface area contributed by atoms with Gasteiger partial charge in [-0.1, -0.05) is 12.8 Å². The second-order valence-electron chi connectivity index (χ2n) is 4.71. The first-order valence-corrected chi connectivity index (χ1v) is 6.30. The predicted molar refractivity (Wildman–Crippen MR) is 66.4 cm³/mol. The van der Waals surface area contributed by atoms with Gasteiger partial charge in [0.15, 0.2) is 0 Å². The van der Waals surface area contributed by atoms with Gasteiger partial charge in [-0.05, 0) is 26.8 Å². The van der Waals surface area contributed by atoms with E-state index in [-0.39, 0.29) is 11.9 Å². The molecule has 4 nitrogen and oxygen atoms in total. The van der Waals surface area contributed by atoms with Gasteiger partial charge in [0.1, 0.15) is 0 Å². The Labute approximate surface area is 98.8 Å². The van der Waals surface area contributed by atoms with E-state index in [0.29, 0.717) is 0 Å². The van der Waals surface area contributed by atoms with E-state index in [9.17, 15) is 4.79 Å². The second kappa shape index (κ2) is 6.86. The Hall–Kier alpha value is -0.610. The van der Waals surface area contributed by atoms with Crippen molar-refractivity contribution in [3.05, 3.63) is 0 Å². The fourth-order valence-electron chi connectivity index (χ4n) is 2.29. The van der Waals surface area contributed by atoms with Crippen molar-refractivity contribution in [1.29, 1.82) is 0 Å². The van der Waals surface area contributed by atoms with Crippen LogP contribution in [-0.4, -0.2) is 50.1 Å². The molecule has 0 aromatic rings. The number of carbonyl (C=O) groups excluding carboxylic acids is 1. The highest BCUT2D eigenvalue weighted by Crippen LogP contribution is 2.21. The van der Waals surface area contributed by atoms with Gasteiger partial charge in [0.2, 0.25) is 5.91 Å². The first kappa shape index (κ1) is 13.5. The highest BCUT2D eigenvalue weighted by molar-refractivity contribution is 5.80. The molecule has 1 rings (SSSR count). The van der Waals surface area contributed by atoms with Crippen LogP contribution in [0.3, 0.4) is 0 Å². The first-order chi connectivity index (χ1) is 7.65. The van der Waals surface area contributed by atoms with E-state index in [1.54, 1.807) is 7.05 Å². The molecule has 0 bridgehead atoms. The van der Waals surface area contributed by atoms with Crippen molar-refractivity contribution in [3.8, 4) is 0 Å². The lowest BCUT2D eigenvalue weighted by molar-refractivity contribution is -0.122. The summed E-state index contributed by atoms with van der Waals surface area (Å²) in [5.41, 5.74) is 0. The Morgan fingerprint density at radius 1 is 1.44 bits per heavy atom. The average Bonchev–Trinajstić information content (AvgIpc) is 2.81. The fraction of sp³-hybridized carbons (Fsp3) is 0.917. The summed E-state index contributed by atoms with van der Waals surface area (Å²) in [6, 6.07) is 0.666. The molecule has 1 aliphatic carbocycles. The quantitative estimate of drug-likeness (QED) is 0.698. The molecule has 0 spiro atoms. The molecule has 0 radical (unpaired) electrons. The summed E-state index contributed by atoms with van der Waals surface area (Å²) in [7, 11) is 3.85. The Morgan fingerprint density at radius 2 is 2.06 bits per heavy atom. The standard InChI is InChI=1S/C12H25N3O/c1-10(12(16)13-2)14-8-9-15(3)11-6-4-5-7-11/h10-11,14H,4-9H2,1-3H3,(H,13,16). The number of carbonyl (C=O) groups is 1. The normalized spacial score (nSPS) is 19.0. The third kappa shape index (κ3) is 4.10. The number of nitrogens with zero attached hydrogens (tertiary/aromatic N) is 1. The number of nitrogens with one attached hydrogen (secondary N) is 2. The van der Waals surface area contributed by atoms with Gasteiger partial charge in [-0.25, -0.2) is 0 Å². The van der Waals surface area contributed by atoms with E-state index in [1.165, 1.54) is 25.7 Å². The van der Waals surface area contributed by atoms with Crippen molar-refractivity contribution in [2.75, 3.05) is 27.2 Å². The lowest BCUT2D eigenvalue weighted by Gasteiger charge is -2.24. The molecule has 16 heavy (non-hydrogen) atoms. The Bertz CT molecular complexity index is 214. The summed E-state index contributed by atoms with van der Waals surface area (Å²) < 4.78 is 0. The molecule has 0 saturated heterocycles. The molecular weight excluding hydrogens is 202 g/mol. The molecule has 1 fully saturated rings. The molecule has 0 aliphatic heterocycles. The zero-order valence-corrected chi connectivity index (χ0v) is 10.8. The van der Waals surface area contributed by atoms with E-state index < -0.39 is 0 Å². The van der Waals surface area contributed by atoms with Crippen LogP contribution in [0.2, 0.25) is 0 Å². The van der Waals surface area contributed by atoms with Crippen molar-refractivity contribution < 1.29 is 4.79 Å². The van der Waals surface area contributed by atoms with Gasteiger partial charge in [-0.3, -0.25) is 4.79 Å². The number of amides is 1. The number of rotatable bonds is 6. The van der Waals surface area contributed by atoms with Crippen molar-refractivity contribution in [1.82, 2.24) is 15.5 Å². The van der Waals surface area contributed by atoms with E-state index in [1.807, 2.05) is 6.92 Å². The molecule has 0 aromatic heterocycles. The van der Waals surface area contributed by atoms with Crippen LogP contribution in [-0.2, 0) is 4.79 Å². The van der Waals surface area contributed by atoms with Gasteiger partial charge in [-0.2, -0.15) is 0 Å². The molecule has 0 heterocycles. The molecule has 1 amide bonds. The zero-order chi connectivity index (χ0) is 12.0. The van der Waals surface area contributed by atoms with Crippen molar-refractivity contribution >= 4 is 5.91 Å². The first-order valence-electron chi connectivity index (χ1n) is 6.30. The third-order valence-corrected chi connectivity index (χ3v) is 3.50. The maximum atomic E-state index is 11.3. The molecule has 4 heteroatoms. The topological polar surface area (TPSA) is 44.4 Å². The lowest BCUT2D eigenvalue weighted by atomic mass is 10.2. The van der Waals surface area contributed by atoms with Crippen molar-refractivity contribution in [3.63, 3.8) is 0 Å². The van der Waals surface area contributed by atoms with Crippen LogP contribution in [0, 0.1) is 0 Å². The van der Waals surface area contributed by atoms with Crippen LogP contribution >= 0.6 is 0 Å². The van der Waals surface area contributed by atoms with Gasteiger partial charge < -0.3 is 15.5 Å². The smallest absolute Gasteiger partial charge is 0.236 e. The summed E-state index contributed by atoms with van der Waals surface area (Å²) in [5.74, 6) is 0.0588.